The molecular formula is C14H21N3O. The molecule has 0 spiro atoms. The van der Waals surface area contributed by atoms with Crippen molar-refractivity contribution in [2.24, 2.45) is 0 Å². The molecular weight excluding hydrogens is 226 g/mol. The molecule has 0 fully saturated rings. The third kappa shape index (κ3) is 2.58. The van der Waals surface area contributed by atoms with E-state index >= 15 is 0 Å². The Labute approximate surface area is 108 Å². The first-order chi connectivity index (χ1) is 8.74. The van der Waals surface area contributed by atoms with Crippen molar-refractivity contribution < 1.29 is 4.79 Å². The lowest BCUT2D eigenvalue weighted by Gasteiger charge is -2.30. The largest absolute Gasteiger partial charge is 0.383 e. The number of anilines is 2. The summed E-state index contributed by atoms with van der Waals surface area (Å²) in [6, 6.07) is 8.04. The monoisotopic (exact) mass is 247 g/mol. The molecule has 1 aliphatic rings. The van der Waals surface area contributed by atoms with Crippen molar-refractivity contribution >= 4 is 17.3 Å². The zero-order chi connectivity index (χ0) is 13.0. The molecule has 1 aromatic rings. The van der Waals surface area contributed by atoms with Gasteiger partial charge >= 0.3 is 0 Å². The summed E-state index contributed by atoms with van der Waals surface area (Å²) in [7, 11) is 0. The van der Waals surface area contributed by atoms with Gasteiger partial charge < -0.3 is 15.5 Å². The molecule has 0 aromatic heterocycles. The standard InChI is InChI=1S/C14H21N3O/c1-3-15-14(18)11(2)17-10-6-9-16-12-7-4-5-8-13(12)17/h4-5,7-8,11,16H,3,6,9-10H2,1-2H3,(H,15,18). The molecule has 1 aliphatic heterocycles. The van der Waals surface area contributed by atoms with E-state index in [1.165, 1.54) is 0 Å². The number of nitrogens with one attached hydrogen (secondary N) is 2. The molecule has 18 heavy (non-hydrogen) atoms. The third-order valence-electron chi connectivity index (χ3n) is 3.30. The number of para-hydroxylation sites is 2. The van der Waals surface area contributed by atoms with Crippen LogP contribution in [0.2, 0.25) is 0 Å². The van der Waals surface area contributed by atoms with Crippen LogP contribution >= 0.6 is 0 Å². The van der Waals surface area contributed by atoms with E-state index in [0.29, 0.717) is 6.54 Å². The van der Waals surface area contributed by atoms with Crippen LogP contribution in [0, 0.1) is 0 Å². The number of amides is 1. The lowest BCUT2D eigenvalue weighted by molar-refractivity contribution is -0.121. The van der Waals surface area contributed by atoms with E-state index in [1.54, 1.807) is 0 Å². The van der Waals surface area contributed by atoms with Crippen LogP contribution in [0.3, 0.4) is 0 Å². The van der Waals surface area contributed by atoms with Crippen molar-refractivity contribution in [1.82, 2.24) is 5.32 Å². The van der Waals surface area contributed by atoms with E-state index in [2.05, 4.69) is 27.7 Å². The van der Waals surface area contributed by atoms with Gasteiger partial charge in [-0.1, -0.05) is 12.1 Å². The minimum atomic E-state index is -0.133. The van der Waals surface area contributed by atoms with E-state index in [0.717, 1.165) is 30.9 Å². The second kappa shape index (κ2) is 5.76. The lowest BCUT2D eigenvalue weighted by Crippen LogP contribution is -2.45. The highest BCUT2D eigenvalue weighted by Crippen LogP contribution is 2.29. The fourth-order valence-corrected chi connectivity index (χ4v) is 2.33. The maximum atomic E-state index is 12.0. The van der Waals surface area contributed by atoms with Crippen molar-refractivity contribution in [2.75, 3.05) is 29.9 Å². The first kappa shape index (κ1) is 12.7. The zero-order valence-corrected chi connectivity index (χ0v) is 11.1. The average molecular weight is 247 g/mol. The second-order valence-corrected chi connectivity index (χ2v) is 4.56. The molecule has 98 valence electrons. The fourth-order valence-electron chi connectivity index (χ4n) is 2.33. The molecule has 1 unspecified atom stereocenters. The van der Waals surface area contributed by atoms with E-state index < -0.39 is 0 Å². The van der Waals surface area contributed by atoms with E-state index in [9.17, 15) is 4.79 Å². The van der Waals surface area contributed by atoms with Crippen LogP contribution in [0.1, 0.15) is 20.3 Å². The SMILES string of the molecule is CCNC(=O)C(C)N1CCCNc2ccccc21. The summed E-state index contributed by atoms with van der Waals surface area (Å²) in [5.74, 6) is 0.0919. The van der Waals surface area contributed by atoms with Crippen molar-refractivity contribution in [1.29, 1.82) is 0 Å². The van der Waals surface area contributed by atoms with Gasteiger partial charge in [-0.25, -0.2) is 0 Å². The van der Waals surface area contributed by atoms with Gasteiger partial charge in [0, 0.05) is 19.6 Å². The van der Waals surface area contributed by atoms with Gasteiger partial charge in [0.25, 0.3) is 0 Å². The Morgan fingerprint density at radius 3 is 3.06 bits per heavy atom. The Balaban J connectivity index is 2.24. The summed E-state index contributed by atoms with van der Waals surface area (Å²) in [6.07, 6.45) is 1.04. The van der Waals surface area contributed by atoms with Crippen molar-refractivity contribution in [3.63, 3.8) is 0 Å². The molecule has 4 heteroatoms. The Morgan fingerprint density at radius 2 is 2.28 bits per heavy atom. The van der Waals surface area contributed by atoms with Crippen LogP contribution in [0.5, 0.6) is 0 Å². The van der Waals surface area contributed by atoms with Crippen molar-refractivity contribution in [3.8, 4) is 0 Å². The molecule has 1 aromatic carbocycles. The second-order valence-electron chi connectivity index (χ2n) is 4.56. The van der Waals surface area contributed by atoms with Crippen molar-refractivity contribution in [3.05, 3.63) is 24.3 Å². The first-order valence-corrected chi connectivity index (χ1v) is 6.61. The van der Waals surface area contributed by atoms with E-state index in [-0.39, 0.29) is 11.9 Å². The Bertz CT molecular complexity index is 419. The number of carbonyl (C=O) groups excluding carboxylic acids is 1. The number of likely N-dealkylation sites (N-methyl/N-ethyl adjacent to an activating group) is 1. The highest BCUT2D eigenvalue weighted by molar-refractivity contribution is 5.86. The number of fused-ring (bicyclic) bond motifs is 1. The number of rotatable bonds is 3. The molecule has 4 nitrogen and oxygen atoms in total. The van der Waals surface area contributed by atoms with Crippen molar-refractivity contribution in [2.45, 2.75) is 26.3 Å². The molecule has 0 saturated carbocycles. The maximum absolute atomic E-state index is 12.0. The summed E-state index contributed by atoms with van der Waals surface area (Å²) in [6.45, 7) is 6.45. The molecule has 0 aliphatic carbocycles. The number of carbonyl (C=O) groups is 1. The summed E-state index contributed by atoms with van der Waals surface area (Å²) in [5, 5.41) is 6.30. The highest BCUT2D eigenvalue weighted by Gasteiger charge is 2.24. The third-order valence-corrected chi connectivity index (χ3v) is 3.30. The minimum Gasteiger partial charge on any atom is -0.383 e. The normalized spacial score (nSPS) is 16.2. The van der Waals surface area contributed by atoms with Gasteiger partial charge in [-0.15, -0.1) is 0 Å². The molecule has 1 atom stereocenters. The summed E-state index contributed by atoms with van der Waals surface area (Å²) in [5.41, 5.74) is 2.24. The predicted octanol–water partition coefficient (Wildman–Crippen LogP) is 1.83. The number of nitrogens with zero attached hydrogens (tertiary/aromatic N) is 1. The topological polar surface area (TPSA) is 44.4 Å². The van der Waals surface area contributed by atoms with Crippen LogP contribution in [0.25, 0.3) is 0 Å². The zero-order valence-electron chi connectivity index (χ0n) is 11.1. The van der Waals surface area contributed by atoms with Gasteiger partial charge in [0.05, 0.1) is 11.4 Å². The van der Waals surface area contributed by atoms with Gasteiger partial charge in [-0.3, -0.25) is 4.79 Å². The Morgan fingerprint density at radius 1 is 1.50 bits per heavy atom. The molecule has 1 heterocycles. The molecule has 1 amide bonds. The quantitative estimate of drug-likeness (QED) is 0.856. The van der Waals surface area contributed by atoms with Crippen LogP contribution < -0.4 is 15.5 Å². The van der Waals surface area contributed by atoms with Gasteiger partial charge in [0.15, 0.2) is 0 Å². The Kier molecular flexibility index (Phi) is 4.07. The first-order valence-electron chi connectivity index (χ1n) is 6.61. The van der Waals surface area contributed by atoms with Gasteiger partial charge in [-0.05, 0) is 32.4 Å². The summed E-state index contributed by atoms with van der Waals surface area (Å²) in [4.78, 5) is 14.2. The summed E-state index contributed by atoms with van der Waals surface area (Å²) >= 11 is 0. The molecule has 2 rings (SSSR count). The highest BCUT2D eigenvalue weighted by atomic mass is 16.2. The molecule has 0 radical (unpaired) electrons. The molecule has 2 N–H and O–H groups in total. The number of hydrogen-bond acceptors (Lipinski definition) is 3. The predicted molar refractivity (Wildman–Crippen MR) is 75.0 cm³/mol. The van der Waals surface area contributed by atoms with Gasteiger partial charge in [0.1, 0.15) is 6.04 Å². The van der Waals surface area contributed by atoms with Crippen LogP contribution in [-0.4, -0.2) is 31.6 Å². The summed E-state index contributed by atoms with van der Waals surface area (Å²) < 4.78 is 0. The number of benzene rings is 1. The average Bonchev–Trinajstić information content (AvgIpc) is 2.60. The van der Waals surface area contributed by atoms with E-state index in [1.807, 2.05) is 26.0 Å². The number of hydrogen-bond donors (Lipinski definition) is 2. The van der Waals surface area contributed by atoms with Crippen LogP contribution in [-0.2, 0) is 4.79 Å². The van der Waals surface area contributed by atoms with Crippen LogP contribution in [0.15, 0.2) is 24.3 Å². The van der Waals surface area contributed by atoms with Gasteiger partial charge in [-0.2, -0.15) is 0 Å². The maximum Gasteiger partial charge on any atom is 0.242 e. The van der Waals surface area contributed by atoms with Crippen LogP contribution in [0.4, 0.5) is 11.4 Å². The lowest BCUT2D eigenvalue weighted by atomic mass is 10.2. The Hall–Kier alpha value is -1.71. The smallest absolute Gasteiger partial charge is 0.242 e. The van der Waals surface area contributed by atoms with Gasteiger partial charge in [0.2, 0.25) is 5.91 Å². The van der Waals surface area contributed by atoms with E-state index in [4.69, 9.17) is 0 Å². The minimum absolute atomic E-state index is 0.0919. The molecule has 0 bridgehead atoms. The fraction of sp³-hybridized carbons (Fsp3) is 0.500. The molecule has 0 saturated heterocycles.